The van der Waals surface area contributed by atoms with Gasteiger partial charge in [0.25, 0.3) is 0 Å². The first-order valence-corrected chi connectivity index (χ1v) is 10.1. The Morgan fingerprint density at radius 2 is 1.73 bits per heavy atom. The van der Waals surface area contributed by atoms with Gasteiger partial charge in [0.2, 0.25) is 5.91 Å². The number of hydrogen-bond donors (Lipinski definition) is 2. The van der Waals surface area contributed by atoms with Gasteiger partial charge in [0.1, 0.15) is 0 Å². The number of fused-ring (bicyclic) bond motifs is 2. The first-order valence-electron chi connectivity index (χ1n) is 10.1. The Balaban J connectivity index is 0.00000169. The number of nitrogens with two attached hydrogens (primary N) is 1. The van der Waals surface area contributed by atoms with Crippen LogP contribution >= 0.6 is 24.8 Å². The summed E-state index contributed by atoms with van der Waals surface area (Å²) in [5, 5.41) is 3.29. The third-order valence-electron chi connectivity index (χ3n) is 6.99. The van der Waals surface area contributed by atoms with E-state index in [1.165, 1.54) is 32.1 Å². The molecular formula is C20H39Cl2N3O. The molecule has 0 aromatic heterocycles. The van der Waals surface area contributed by atoms with E-state index in [4.69, 9.17) is 5.73 Å². The number of rotatable bonds is 4. The Bertz CT molecular complexity index is 446. The number of hydrogen-bond acceptors (Lipinski definition) is 3. The van der Waals surface area contributed by atoms with Gasteiger partial charge in [-0.1, -0.05) is 13.3 Å². The monoisotopic (exact) mass is 407 g/mol. The van der Waals surface area contributed by atoms with Gasteiger partial charge >= 0.3 is 0 Å². The zero-order chi connectivity index (χ0) is 17.3. The first kappa shape index (κ1) is 24.0. The molecule has 0 aromatic carbocycles. The average Bonchev–Trinajstić information content (AvgIpc) is 2.52. The fourth-order valence-corrected chi connectivity index (χ4v) is 5.30. The van der Waals surface area contributed by atoms with Gasteiger partial charge in [-0.3, -0.25) is 9.69 Å². The van der Waals surface area contributed by atoms with E-state index in [0.29, 0.717) is 17.9 Å². The van der Waals surface area contributed by atoms with Crippen LogP contribution in [0.4, 0.5) is 0 Å². The van der Waals surface area contributed by atoms with Gasteiger partial charge in [0.05, 0.1) is 0 Å². The molecule has 0 radical (unpaired) electrons. The number of likely N-dealkylation sites (tertiary alicyclic amines) is 1. The minimum Gasteiger partial charge on any atom is -0.354 e. The molecule has 154 valence electrons. The highest BCUT2D eigenvalue weighted by molar-refractivity contribution is 5.85. The quantitative estimate of drug-likeness (QED) is 0.747. The third kappa shape index (κ3) is 5.50. The summed E-state index contributed by atoms with van der Waals surface area (Å²) >= 11 is 0. The molecule has 2 aliphatic carbocycles. The molecule has 3 N–H and O–H groups in total. The van der Waals surface area contributed by atoms with Gasteiger partial charge in [-0.25, -0.2) is 0 Å². The van der Waals surface area contributed by atoms with Crippen LogP contribution in [0.5, 0.6) is 0 Å². The molecule has 1 heterocycles. The molecule has 2 saturated carbocycles. The van der Waals surface area contributed by atoms with Crippen LogP contribution in [0.25, 0.3) is 0 Å². The van der Waals surface area contributed by atoms with E-state index in [0.717, 1.165) is 38.4 Å². The second-order valence-electron chi connectivity index (χ2n) is 9.42. The van der Waals surface area contributed by atoms with Crippen LogP contribution in [0.2, 0.25) is 0 Å². The Kier molecular flexibility index (Phi) is 9.19. The van der Waals surface area contributed by atoms with Gasteiger partial charge < -0.3 is 11.1 Å². The highest BCUT2D eigenvalue weighted by atomic mass is 35.5. The van der Waals surface area contributed by atoms with E-state index in [1.807, 2.05) is 0 Å². The number of nitrogens with zero attached hydrogens (tertiary/aromatic N) is 1. The lowest BCUT2D eigenvalue weighted by atomic mass is 9.65. The predicted octanol–water partition coefficient (Wildman–Crippen LogP) is 3.61. The Labute approximate surface area is 172 Å². The number of piperidine rings is 1. The molecule has 6 heteroatoms. The molecule has 3 fully saturated rings. The maximum Gasteiger partial charge on any atom is 0.223 e. The topological polar surface area (TPSA) is 58.4 Å². The number of amides is 1. The molecule has 0 aromatic rings. The average molecular weight is 408 g/mol. The molecule has 3 rings (SSSR count). The fourth-order valence-electron chi connectivity index (χ4n) is 5.30. The van der Waals surface area contributed by atoms with E-state index < -0.39 is 0 Å². The summed E-state index contributed by atoms with van der Waals surface area (Å²) < 4.78 is 0. The van der Waals surface area contributed by atoms with Gasteiger partial charge in [0, 0.05) is 30.6 Å². The summed E-state index contributed by atoms with van der Waals surface area (Å²) in [6, 6.07) is 0.342. The second-order valence-corrected chi connectivity index (χ2v) is 9.42. The third-order valence-corrected chi connectivity index (χ3v) is 6.99. The lowest BCUT2D eigenvalue weighted by molar-refractivity contribution is -0.128. The summed E-state index contributed by atoms with van der Waals surface area (Å²) in [5.74, 6) is 2.38. The first-order chi connectivity index (χ1) is 11.4. The number of nitrogens with one attached hydrogen (secondary N) is 1. The summed E-state index contributed by atoms with van der Waals surface area (Å²) in [6.07, 6.45) is 8.37. The van der Waals surface area contributed by atoms with Crippen molar-refractivity contribution in [3.8, 4) is 0 Å². The van der Waals surface area contributed by atoms with Crippen LogP contribution in [0.15, 0.2) is 0 Å². The van der Waals surface area contributed by atoms with Crippen molar-refractivity contribution in [2.45, 2.75) is 77.3 Å². The molecular weight excluding hydrogens is 369 g/mol. The lowest BCUT2D eigenvalue weighted by Crippen LogP contribution is -2.56. The van der Waals surface area contributed by atoms with Crippen LogP contribution in [-0.4, -0.2) is 42.0 Å². The van der Waals surface area contributed by atoms with Crippen LogP contribution in [0.3, 0.4) is 0 Å². The summed E-state index contributed by atoms with van der Waals surface area (Å²) in [7, 11) is 0. The molecule has 3 aliphatic rings. The van der Waals surface area contributed by atoms with Crippen molar-refractivity contribution in [2.75, 3.05) is 19.6 Å². The Hall–Kier alpha value is -0.0300. The van der Waals surface area contributed by atoms with E-state index in [2.05, 4.69) is 31.0 Å². The largest absolute Gasteiger partial charge is 0.354 e. The maximum absolute atomic E-state index is 12.8. The Morgan fingerprint density at radius 1 is 1.12 bits per heavy atom. The zero-order valence-corrected chi connectivity index (χ0v) is 18.3. The van der Waals surface area contributed by atoms with E-state index in [1.54, 1.807) is 0 Å². The highest BCUT2D eigenvalue weighted by Crippen LogP contribution is 2.41. The normalized spacial score (nSPS) is 35.0. The van der Waals surface area contributed by atoms with Gasteiger partial charge in [-0.2, -0.15) is 0 Å². The second kappa shape index (κ2) is 9.95. The van der Waals surface area contributed by atoms with Crippen LogP contribution in [0.1, 0.15) is 65.7 Å². The van der Waals surface area contributed by atoms with Crippen molar-refractivity contribution in [3.05, 3.63) is 0 Å². The van der Waals surface area contributed by atoms with Crippen molar-refractivity contribution in [2.24, 2.45) is 29.4 Å². The van der Waals surface area contributed by atoms with E-state index in [-0.39, 0.29) is 42.2 Å². The fraction of sp³-hybridized carbons (Fsp3) is 0.950. The number of halogens is 2. The summed E-state index contributed by atoms with van der Waals surface area (Å²) in [6.45, 7) is 9.97. The van der Waals surface area contributed by atoms with Crippen LogP contribution < -0.4 is 11.1 Å². The standard InChI is InChI=1S/C20H37N3O.2ClH/c1-14-6-5-9-23(12-14)20(2,3)13-22-19(24)17-10-15-7-4-8-16(11-17)18(15)21;;/h14-18H,4-13,21H2,1-3H3,(H,22,24);2*1H. The molecule has 1 aliphatic heterocycles. The number of carbonyl (C=O) groups excluding carboxylic acids is 1. The molecule has 1 saturated heterocycles. The molecule has 3 unspecified atom stereocenters. The minimum absolute atomic E-state index is 0. The van der Waals surface area contributed by atoms with Crippen LogP contribution in [-0.2, 0) is 4.79 Å². The molecule has 26 heavy (non-hydrogen) atoms. The number of carbonyl (C=O) groups is 1. The predicted molar refractivity (Wildman–Crippen MR) is 113 cm³/mol. The summed E-state index contributed by atoms with van der Waals surface area (Å²) in [5.41, 5.74) is 6.41. The SMILES string of the molecule is CC1CCCN(C(C)(C)CNC(=O)C2CC3CCCC(C2)C3N)C1.Cl.Cl. The van der Waals surface area contributed by atoms with Crippen molar-refractivity contribution in [1.82, 2.24) is 10.2 Å². The molecule has 4 nitrogen and oxygen atoms in total. The maximum atomic E-state index is 12.8. The van der Waals surface area contributed by atoms with Gasteiger partial charge in [-0.15, -0.1) is 24.8 Å². The summed E-state index contributed by atoms with van der Waals surface area (Å²) in [4.78, 5) is 15.3. The molecule has 2 bridgehead atoms. The van der Waals surface area contributed by atoms with E-state index in [9.17, 15) is 4.79 Å². The molecule has 3 atom stereocenters. The minimum atomic E-state index is 0. The Morgan fingerprint density at radius 3 is 2.31 bits per heavy atom. The van der Waals surface area contributed by atoms with Crippen molar-refractivity contribution < 1.29 is 4.79 Å². The molecule has 1 amide bonds. The highest BCUT2D eigenvalue weighted by Gasteiger charge is 2.41. The van der Waals surface area contributed by atoms with E-state index >= 15 is 0 Å². The molecule has 0 spiro atoms. The van der Waals surface area contributed by atoms with Gasteiger partial charge in [0.15, 0.2) is 0 Å². The zero-order valence-electron chi connectivity index (χ0n) is 16.7. The van der Waals surface area contributed by atoms with Crippen molar-refractivity contribution >= 4 is 30.7 Å². The van der Waals surface area contributed by atoms with Crippen LogP contribution in [0, 0.1) is 23.7 Å². The van der Waals surface area contributed by atoms with Crippen molar-refractivity contribution in [1.29, 1.82) is 0 Å². The van der Waals surface area contributed by atoms with Gasteiger partial charge in [-0.05, 0) is 76.7 Å². The van der Waals surface area contributed by atoms with Crippen molar-refractivity contribution in [3.63, 3.8) is 0 Å². The lowest BCUT2D eigenvalue weighted by Gasteiger charge is -2.45. The smallest absolute Gasteiger partial charge is 0.223 e.